The molecule has 0 atom stereocenters. The Morgan fingerprint density at radius 3 is 2.65 bits per heavy atom. The quantitative estimate of drug-likeness (QED) is 0.645. The third-order valence-electron chi connectivity index (χ3n) is 3.08. The van der Waals surface area contributed by atoms with Crippen LogP contribution in [-0.2, 0) is 4.79 Å². The van der Waals surface area contributed by atoms with Gasteiger partial charge in [0.25, 0.3) is 5.69 Å². The summed E-state index contributed by atoms with van der Waals surface area (Å²) in [5, 5.41) is 16.7. The molecule has 0 fully saturated rings. The zero-order valence-corrected chi connectivity index (χ0v) is 13.3. The van der Waals surface area contributed by atoms with Crippen LogP contribution in [0.1, 0.15) is 11.3 Å². The van der Waals surface area contributed by atoms with E-state index in [-0.39, 0.29) is 23.8 Å². The van der Waals surface area contributed by atoms with E-state index in [4.69, 9.17) is 11.6 Å². The molecule has 8 heteroatoms. The van der Waals surface area contributed by atoms with Gasteiger partial charge in [-0.15, -0.1) is 0 Å². The molecule has 0 radical (unpaired) electrons. The average Bonchev–Trinajstić information content (AvgIpc) is 2.48. The Bertz CT molecular complexity index is 764. The van der Waals surface area contributed by atoms with Crippen LogP contribution in [0.4, 0.5) is 17.2 Å². The van der Waals surface area contributed by atoms with Crippen molar-refractivity contribution in [1.29, 1.82) is 0 Å². The number of amides is 1. The second-order valence-electron chi connectivity index (χ2n) is 4.94. The third kappa shape index (κ3) is 4.40. The Balaban J connectivity index is 1.96. The maximum absolute atomic E-state index is 11.9. The molecule has 2 rings (SSSR count). The van der Waals surface area contributed by atoms with Crippen molar-refractivity contribution in [2.45, 2.75) is 13.8 Å². The van der Waals surface area contributed by atoms with Crippen LogP contribution in [0, 0.1) is 24.0 Å². The van der Waals surface area contributed by atoms with E-state index >= 15 is 0 Å². The van der Waals surface area contributed by atoms with Crippen molar-refractivity contribution in [3.63, 3.8) is 0 Å². The number of nitro groups is 1. The van der Waals surface area contributed by atoms with Gasteiger partial charge in [0, 0.05) is 6.07 Å². The summed E-state index contributed by atoms with van der Waals surface area (Å²) in [7, 11) is 0. The second kappa shape index (κ2) is 7.06. The maximum Gasteiger partial charge on any atom is 0.290 e. The normalized spacial score (nSPS) is 10.2. The fourth-order valence-corrected chi connectivity index (χ4v) is 2.21. The van der Waals surface area contributed by atoms with Crippen molar-refractivity contribution in [3.8, 4) is 0 Å². The van der Waals surface area contributed by atoms with Gasteiger partial charge in [-0.3, -0.25) is 14.9 Å². The lowest BCUT2D eigenvalue weighted by Crippen LogP contribution is -2.22. The van der Waals surface area contributed by atoms with Gasteiger partial charge in [-0.1, -0.05) is 17.7 Å². The molecule has 2 N–H and O–H groups in total. The van der Waals surface area contributed by atoms with E-state index in [2.05, 4.69) is 15.6 Å². The van der Waals surface area contributed by atoms with Crippen molar-refractivity contribution < 1.29 is 9.72 Å². The number of halogens is 1. The molecule has 0 aliphatic rings. The molecule has 1 amide bonds. The predicted molar refractivity (Wildman–Crippen MR) is 88.9 cm³/mol. The lowest BCUT2D eigenvalue weighted by molar-refractivity contribution is -0.385. The number of anilines is 2. The van der Waals surface area contributed by atoms with E-state index in [1.54, 1.807) is 12.1 Å². The van der Waals surface area contributed by atoms with E-state index in [0.29, 0.717) is 16.5 Å². The fourth-order valence-electron chi connectivity index (χ4n) is 1.93. The SMILES string of the molecule is Cc1ccc(NC(=O)CNc2ccc([N+](=O)[O-])c(C)n2)c(Cl)c1. The molecule has 0 aliphatic heterocycles. The largest absolute Gasteiger partial charge is 0.361 e. The Morgan fingerprint density at radius 2 is 2.04 bits per heavy atom. The van der Waals surface area contributed by atoms with Crippen LogP contribution < -0.4 is 10.6 Å². The van der Waals surface area contributed by atoms with Gasteiger partial charge in [0.1, 0.15) is 11.5 Å². The van der Waals surface area contributed by atoms with E-state index < -0.39 is 4.92 Å². The zero-order chi connectivity index (χ0) is 17.0. The number of aryl methyl sites for hydroxylation is 2. The smallest absolute Gasteiger partial charge is 0.290 e. The number of carbonyl (C=O) groups is 1. The van der Waals surface area contributed by atoms with Crippen LogP contribution in [0.2, 0.25) is 5.02 Å². The van der Waals surface area contributed by atoms with Crippen LogP contribution in [0.25, 0.3) is 0 Å². The van der Waals surface area contributed by atoms with E-state index in [9.17, 15) is 14.9 Å². The van der Waals surface area contributed by atoms with Gasteiger partial charge in [-0.05, 0) is 37.6 Å². The highest BCUT2D eigenvalue weighted by molar-refractivity contribution is 6.33. The highest BCUT2D eigenvalue weighted by Crippen LogP contribution is 2.22. The van der Waals surface area contributed by atoms with Crippen molar-refractivity contribution in [3.05, 3.63) is 56.7 Å². The van der Waals surface area contributed by atoms with Crippen molar-refractivity contribution >= 4 is 34.7 Å². The van der Waals surface area contributed by atoms with Crippen LogP contribution >= 0.6 is 11.6 Å². The molecule has 2 aromatic rings. The molecule has 120 valence electrons. The first-order valence-electron chi connectivity index (χ1n) is 6.78. The summed E-state index contributed by atoms with van der Waals surface area (Å²) in [6, 6.07) is 8.13. The Kier molecular flexibility index (Phi) is 5.13. The first kappa shape index (κ1) is 16.7. The molecule has 0 aliphatic carbocycles. The Labute approximate surface area is 137 Å². The van der Waals surface area contributed by atoms with Gasteiger partial charge in [0.15, 0.2) is 0 Å². The second-order valence-corrected chi connectivity index (χ2v) is 5.35. The molecule has 0 spiro atoms. The topological polar surface area (TPSA) is 97.2 Å². The molecule has 0 saturated heterocycles. The molecule has 1 aromatic carbocycles. The van der Waals surface area contributed by atoms with Crippen molar-refractivity contribution in [1.82, 2.24) is 4.98 Å². The number of hydrogen-bond acceptors (Lipinski definition) is 5. The van der Waals surface area contributed by atoms with Gasteiger partial charge in [-0.25, -0.2) is 4.98 Å². The van der Waals surface area contributed by atoms with Crippen LogP contribution in [0.3, 0.4) is 0 Å². The summed E-state index contributed by atoms with van der Waals surface area (Å²) < 4.78 is 0. The number of nitrogens with zero attached hydrogens (tertiary/aromatic N) is 2. The lowest BCUT2D eigenvalue weighted by atomic mass is 10.2. The first-order chi connectivity index (χ1) is 10.9. The molecule has 1 heterocycles. The monoisotopic (exact) mass is 334 g/mol. The van der Waals surface area contributed by atoms with E-state index in [1.807, 2.05) is 13.0 Å². The standard InChI is InChI=1S/C15H15ClN4O3/c1-9-3-4-12(11(16)7-9)19-15(21)8-17-14-6-5-13(20(22)23)10(2)18-14/h3-7H,8H2,1-2H3,(H,17,18)(H,19,21). The molecule has 0 bridgehead atoms. The predicted octanol–water partition coefficient (Wildman–Crippen LogP) is 3.31. The highest BCUT2D eigenvalue weighted by Gasteiger charge is 2.12. The Morgan fingerprint density at radius 1 is 1.30 bits per heavy atom. The van der Waals surface area contributed by atoms with Gasteiger partial charge in [0.05, 0.1) is 22.2 Å². The highest BCUT2D eigenvalue weighted by atomic mass is 35.5. The van der Waals surface area contributed by atoms with Gasteiger partial charge >= 0.3 is 0 Å². The fraction of sp³-hybridized carbons (Fsp3) is 0.200. The number of nitrogens with one attached hydrogen (secondary N) is 2. The van der Waals surface area contributed by atoms with Crippen molar-refractivity contribution in [2.24, 2.45) is 0 Å². The molecular formula is C15H15ClN4O3. The number of benzene rings is 1. The third-order valence-corrected chi connectivity index (χ3v) is 3.40. The summed E-state index contributed by atoms with van der Waals surface area (Å²) >= 11 is 6.05. The number of pyridine rings is 1. The van der Waals surface area contributed by atoms with Crippen LogP contribution in [-0.4, -0.2) is 22.4 Å². The van der Waals surface area contributed by atoms with Gasteiger partial charge in [0.2, 0.25) is 5.91 Å². The molecule has 0 unspecified atom stereocenters. The molecular weight excluding hydrogens is 320 g/mol. The maximum atomic E-state index is 11.9. The van der Waals surface area contributed by atoms with Crippen molar-refractivity contribution in [2.75, 3.05) is 17.2 Å². The summed E-state index contributed by atoms with van der Waals surface area (Å²) in [5.74, 6) is 0.0896. The van der Waals surface area contributed by atoms with Crippen LogP contribution in [0.5, 0.6) is 0 Å². The van der Waals surface area contributed by atoms with Gasteiger partial charge < -0.3 is 10.6 Å². The average molecular weight is 335 g/mol. The lowest BCUT2D eigenvalue weighted by Gasteiger charge is -2.09. The summed E-state index contributed by atoms with van der Waals surface area (Å²) in [5.41, 5.74) is 1.74. The van der Waals surface area contributed by atoms with Gasteiger partial charge in [-0.2, -0.15) is 0 Å². The molecule has 1 aromatic heterocycles. The first-order valence-corrected chi connectivity index (χ1v) is 7.16. The van der Waals surface area contributed by atoms with Crippen LogP contribution in [0.15, 0.2) is 30.3 Å². The number of aromatic nitrogens is 1. The molecule has 7 nitrogen and oxygen atoms in total. The number of rotatable bonds is 5. The minimum absolute atomic E-state index is 0.0333. The number of carbonyl (C=O) groups excluding carboxylic acids is 1. The zero-order valence-electron chi connectivity index (χ0n) is 12.6. The summed E-state index contributed by atoms with van der Waals surface area (Å²) in [6.07, 6.45) is 0. The Hall–Kier alpha value is -2.67. The van der Waals surface area contributed by atoms with E-state index in [0.717, 1.165) is 5.56 Å². The molecule has 23 heavy (non-hydrogen) atoms. The minimum atomic E-state index is -0.502. The van der Waals surface area contributed by atoms with E-state index in [1.165, 1.54) is 19.1 Å². The summed E-state index contributed by atoms with van der Waals surface area (Å²) in [6.45, 7) is 3.41. The number of hydrogen-bond donors (Lipinski definition) is 2. The minimum Gasteiger partial charge on any atom is -0.361 e. The summed E-state index contributed by atoms with van der Waals surface area (Å²) in [4.78, 5) is 26.2. The molecule has 0 saturated carbocycles.